The van der Waals surface area contributed by atoms with E-state index in [-0.39, 0.29) is 18.6 Å². The van der Waals surface area contributed by atoms with E-state index in [2.05, 4.69) is 25.7 Å². The number of carbonyl (C=O) groups is 1. The van der Waals surface area contributed by atoms with Crippen molar-refractivity contribution in [3.63, 3.8) is 0 Å². The number of aryl methyl sites for hydroxylation is 1. The number of amides is 1. The molecule has 0 fully saturated rings. The van der Waals surface area contributed by atoms with E-state index >= 15 is 0 Å². The van der Waals surface area contributed by atoms with Gasteiger partial charge in [-0.3, -0.25) is 4.79 Å². The maximum atomic E-state index is 12.4. The van der Waals surface area contributed by atoms with Gasteiger partial charge in [0, 0.05) is 24.2 Å². The summed E-state index contributed by atoms with van der Waals surface area (Å²) in [5.41, 5.74) is 2.48. The number of carbonyl (C=O) groups excluding carboxylic acids is 1. The van der Waals surface area contributed by atoms with Gasteiger partial charge in [-0.15, -0.1) is 0 Å². The molecule has 0 bridgehead atoms. The summed E-state index contributed by atoms with van der Waals surface area (Å²) in [5.74, 6) is 5.54. The molecule has 1 rings (SSSR count). The molecule has 3 heteroatoms. The quantitative estimate of drug-likeness (QED) is 0.857. The molecule has 0 heterocycles. The number of hydrogen-bond donors (Lipinski definition) is 1. The van der Waals surface area contributed by atoms with Crippen LogP contribution in [0.15, 0.2) is 18.2 Å². The molecule has 20 heavy (non-hydrogen) atoms. The molecule has 1 atom stereocenters. The smallest absolute Gasteiger partial charge is 0.253 e. The van der Waals surface area contributed by atoms with E-state index in [1.807, 2.05) is 26.1 Å². The topological polar surface area (TPSA) is 40.5 Å². The molecule has 1 unspecified atom stereocenters. The fourth-order valence-electron chi connectivity index (χ4n) is 2.09. The first kappa shape index (κ1) is 16.3. The summed E-state index contributed by atoms with van der Waals surface area (Å²) in [6, 6.07) is 5.73. The Balaban J connectivity index is 2.92. The third kappa shape index (κ3) is 4.11. The van der Waals surface area contributed by atoms with Crippen molar-refractivity contribution < 1.29 is 9.90 Å². The molecule has 0 aliphatic heterocycles. The zero-order valence-electron chi connectivity index (χ0n) is 12.7. The fraction of sp³-hybridized carbons (Fsp3) is 0.471. The van der Waals surface area contributed by atoms with Gasteiger partial charge < -0.3 is 10.0 Å². The largest absolute Gasteiger partial charge is 0.384 e. The number of rotatable bonds is 4. The Morgan fingerprint density at radius 1 is 1.45 bits per heavy atom. The Morgan fingerprint density at radius 3 is 2.70 bits per heavy atom. The van der Waals surface area contributed by atoms with E-state index < -0.39 is 0 Å². The van der Waals surface area contributed by atoms with Gasteiger partial charge in [0.2, 0.25) is 0 Å². The van der Waals surface area contributed by atoms with Crippen molar-refractivity contribution in [2.75, 3.05) is 13.7 Å². The van der Waals surface area contributed by atoms with Crippen molar-refractivity contribution in [1.29, 1.82) is 0 Å². The molecular formula is C17H23NO2. The summed E-state index contributed by atoms with van der Waals surface area (Å²) in [6.45, 7) is 5.95. The molecular weight excluding hydrogens is 250 g/mol. The lowest BCUT2D eigenvalue weighted by Crippen LogP contribution is -2.35. The standard InChI is InChI=1S/C17H23NO2/c1-5-7-14(3)18(4)17(20)16-10-9-15(8-6-11-19)13(2)12-16/h9-10,12,14,19H,5,7,11H2,1-4H3. The molecule has 0 radical (unpaired) electrons. The van der Waals surface area contributed by atoms with Crippen molar-refractivity contribution in [3.8, 4) is 11.8 Å². The van der Waals surface area contributed by atoms with Gasteiger partial charge in [-0.2, -0.15) is 0 Å². The van der Waals surface area contributed by atoms with Gasteiger partial charge in [0.25, 0.3) is 5.91 Å². The maximum absolute atomic E-state index is 12.4. The molecule has 1 aromatic carbocycles. The highest BCUT2D eigenvalue weighted by Crippen LogP contribution is 2.14. The van der Waals surface area contributed by atoms with Crippen LogP contribution in [0.1, 0.15) is 48.2 Å². The minimum atomic E-state index is -0.155. The number of aliphatic hydroxyl groups is 1. The Bertz CT molecular complexity index is 526. The third-order valence-corrected chi connectivity index (χ3v) is 3.46. The lowest BCUT2D eigenvalue weighted by atomic mass is 10.0. The van der Waals surface area contributed by atoms with Crippen LogP contribution in [-0.4, -0.2) is 35.6 Å². The van der Waals surface area contributed by atoms with Crippen LogP contribution in [0.3, 0.4) is 0 Å². The molecule has 1 N–H and O–H groups in total. The Hall–Kier alpha value is -1.79. The Labute approximate surface area is 121 Å². The van der Waals surface area contributed by atoms with E-state index in [9.17, 15) is 4.79 Å². The predicted molar refractivity (Wildman–Crippen MR) is 81.6 cm³/mol. The fourth-order valence-corrected chi connectivity index (χ4v) is 2.09. The second kappa shape index (κ2) is 7.72. The van der Waals surface area contributed by atoms with Crippen LogP contribution in [0.5, 0.6) is 0 Å². The van der Waals surface area contributed by atoms with Crippen molar-refractivity contribution in [2.45, 2.75) is 39.7 Å². The number of hydrogen-bond acceptors (Lipinski definition) is 2. The van der Waals surface area contributed by atoms with Gasteiger partial charge in [0.05, 0.1) is 0 Å². The van der Waals surface area contributed by atoms with Crippen molar-refractivity contribution in [2.24, 2.45) is 0 Å². The minimum absolute atomic E-state index is 0.0377. The average Bonchev–Trinajstić information content (AvgIpc) is 2.44. The summed E-state index contributed by atoms with van der Waals surface area (Å²) >= 11 is 0. The zero-order chi connectivity index (χ0) is 15.1. The second-order valence-corrected chi connectivity index (χ2v) is 5.04. The van der Waals surface area contributed by atoms with Gasteiger partial charge in [-0.1, -0.05) is 25.2 Å². The molecule has 3 nitrogen and oxygen atoms in total. The summed E-state index contributed by atoms with van der Waals surface area (Å²) in [7, 11) is 1.84. The first-order valence-electron chi connectivity index (χ1n) is 6.98. The highest BCUT2D eigenvalue weighted by molar-refractivity contribution is 5.94. The van der Waals surface area contributed by atoms with Crippen molar-refractivity contribution >= 4 is 5.91 Å². The molecule has 0 saturated heterocycles. The highest BCUT2D eigenvalue weighted by atomic mass is 16.2. The van der Waals surface area contributed by atoms with Crippen molar-refractivity contribution in [3.05, 3.63) is 34.9 Å². The van der Waals surface area contributed by atoms with Gasteiger partial charge in [-0.05, 0) is 44.0 Å². The normalized spacial score (nSPS) is 11.4. The van der Waals surface area contributed by atoms with E-state index in [4.69, 9.17) is 5.11 Å². The van der Waals surface area contributed by atoms with Crippen LogP contribution in [0, 0.1) is 18.8 Å². The SMILES string of the molecule is CCCC(C)N(C)C(=O)c1ccc(C#CCO)c(C)c1. The molecule has 0 spiro atoms. The van der Waals surface area contributed by atoms with Crippen LogP contribution in [0.25, 0.3) is 0 Å². The zero-order valence-corrected chi connectivity index (χ0v) is 12.7. The first-order valence-corrected chi connectivity index (χ1v) is 6.98. The lowest BCUT2D eigenvalue weighted by Gasteiger charge is -2.25. The number of nitrogens with zero attached hydrogens (tertiary/aromatic N) is 1. The second-order valence-electron chi connectivity index (χ2n) is 5.04. The van der Waals surface area contributed by atoms with Crippen LogP contribution < -0.4 is 0 Å². The number of aliphatic hydroxyl groups excluding tert-OH is 1. The van der Waals surface area contributed by atoms with Gasteiger partial charge >= 0.3 is 0 Å². The number of benzene rings is 1. The van der Waals surface area contributed by atoms with Gasteiger partial charge in [0.1, 0.15) is 6.61 Å². The molecule has 1 amide bonds. The van der Waals surface area contributed by atoms with Crippen LogP contribution in [-0.2, 0) is 0 Å². The van der Waals surface area contributed by atoms with Crippen LogP contribution in [0.4, 0.5) is 0 Å². The monoisotopic (exact) mass is 273 g/mol. The average molecular weight is 273 g/mol. The predicted octanol–water partition coefficient (Wildman–Crippen LogP) is 2.60. The molecule has 0 aliphatic rings. The third-order valence-electron chi connectivity index (χ3n) is 3.46. The van der Waals surface area contributed by atoms with E-state index in [0.717, 1.165) is 24.0 Å². The summed E-state index contributed by atoms with van der Waals surface area (Å²) in [5, 5.41) is 8.71. The lowest BCUT2D eigenvalue weighted by molar-refractivity contribution is 0.0736. The summed E-state index contributed by atoms with van der Waals surface area (Å²) in [6.07, 6.45) is 2.06. The first-order chi connectivity index (χ1) is 9.51. The molecule has 1 aromatic rings. The van der Waals surface area contributed by atoms with E-state index in [1.54, 1.807) is 11.0 Å². The van der Waals surface area contributed by atoms with Gasteiger partial charge in [-0.25, -0.2) is 0 Å². The van der Waals surface area contributed by atoms with E-state index in [1.165, 1.54) is 0 Å². The van der Waals surface area contributed by atoms with E-state index in [0.29, 0.717) is 5.56 Å². The Kier molecular flexibility index (Phi) is 6.27. The molecule has 0 aromatic heterocycles. The van der Waals surface area contributed by atoms with Crippen molar-refractivity contribution in [1.82, 2.24) is 4.90 Å². The Morgan fingerprint density at radius 2 is 2.15 bits per heavy atom. The summed E-state index contributed by atoms with van der Waals surface area (Å²) in [4.78, 5) is 14.2. The van der Waals surface area contributed by atoms with Gasteiger partial charge in [0.15, 0.2) is 0 Å². The summed E-state index contributed by atoms with van der Waals surface area (Å²) < 4.78 is 0. The molecule has 0 aliphatic carbocycles. The molecule has 0 saturated carbocycles. The van der Waals surface area contributed by atoms with Crippen LogP contribution >= 0.6 is 0 Å². The highest BCUT2D eigenvalue weighted by Gasteiger charge is 2.17. The molecule has 108 valence electrons. The maximum Gasteiger partial charge on any atom is 0.253 e. The van der Waals surface area contributed by atoms with Crippen LogP contribution in [0.2, 0.25) is 0 Å². The minimum Gasteiger partial charge on any atom is -0.384 e.